The van der Waals surface area contributed by atoms with Crippen molar-refractivity contribution >= 4 is 24.0 Å². The Bertz CT molecular complexity index is 715. The van der Waals surface area contributed by atoms with Crippen LogP contribution in [0, 0.1) is 0 Å². The van der Waals surface area contributed by atoms with Gasteiger partial charge in [-0.15, -0.1) is 0 Å². The first-order valence-corrected chi connectivity index (χ1v) is 11.8. The van der Waals surface area contributed by atoms with Crippen molar-refractivity contribution in [3.05, 3.63) is 42.0 Å². The Hall–Kier alpha value is -1.08. The molecule has 2 aromatic carbocycles. The van der Waals surface area contributed by atoms with Gasteiger partial charge in [-0.3, -0.25) is 0 Å². The SMILES string of the molecule is CC(C)[Si]1(C(C)C)c2cccc3cccc(c23)[C@@H]2CCCC[C@@H]21. The summed E-state index contributed by atoms with van der Waals surface area (Å²) in [7, 11) is -1.55. The highest BCUT2D eigenvalue weighted by atomic mass is 28.3. The molecule has 1 aliphatic carbocycles. The molecule has 0 aromatic heterocycles. The standard InChI is InChI=1S/C22H30Si/c1-15(2)23(16(3)4)20-13-6-5-11-18(20)19-12-7-9-17-10-8-14-21(23)22(17)19/h7-10,12,14-16,18,20H,5-6,11,13H2,1-4H3/t18-,20-/m0/s1. The van der Waals surface area contributed by atoms with E-state index in [9.17, 15) is 0 Å². The van der Waals surface area contributed by atoms with Crippen LogP contribution in [0.5, 0.6) is 0 Å². The Kier molecular flexibility index (Phi) is 3.68. The molecule has 1 heteroatoms. The molecule has 1 saturated carbocycles. The van der Waals surface area contributed by atoms with E-state index < -0.39 is 8.07 Å². The fourth-order valence-corrected chi connectivity index (χ4v) is 13.9. The minimum atomic E-state index is -1.55. The largest absolute Gasteiger partial charge is 0.0962 e. The van der Waals surface area contributed by atoms with Gasteiger partial charge < -0.3 is 0 Å². The maximum absolute atomic E-state index is 2.53. The van der Waals surface area contributed by atoms with Crippen molar-refractivity contribution in [2.45, 2.75) is 75.9 Å². The third-order valence-corrected chi connectivity index (χ3v) is 14.2. The van der Waals surface area contributed by atoms with Gasteiger partial charge in [-0.05, 0) is 45.3 Å². The lowest BCUT2D eigenvalue weighted by Crippen LogP contribution is -2.60. The molecule has 0 saturated heterocycles. The van der Waals surface area contributed by atoms with E-state index >= 15 is 0 Å². The molecule has 2 atom stereocenters. The lowest BCUT2D eigenvalue weighted by molar-refractivity contribution is 0.426. The van der Waals surface area contributed by atoms with E-state index in [0.717, 1.165) is 22.5 Å². The second kappa shape index (κ2) is 5.48. The molecule has 4 rings (SSSR count). The summed E-state index contributed by atoms with van der Waals surface area (Å²) in [4.78, 5) is 0. The van der Waals surface area contributed by atoms with Crippen molar-refractivity contribution in [1.82, 2.24) is 0 Å². The van der Waals surface area contributed by atoms with Crippen molar-refractivity contribution in [2.24, 2.45) is 0 Å². The molecule has 0 bridgehead atoms. The van der Waals surface area contributed by atoms with Crippen LogP contribution in [0.4, 0.5) is 0 Å². The molecule has 0 amide bonds. The fraction of sp³-hybridized carbons (Fsp3) is 0.545. The molecule has 122 valence electrons. The first kappa shape index (κ1) is 15.4. The maximum atomic E-state index is 2.53. The van der Waals surface area contributed by atoms with Crippen molar-refractivity contribution in [1.29, 1.82) is 0 Å². The van der Waals surface area contributed by atoms with Crippen LogP contribution in [-0.4, -0.2) is 8.07 Å². The smallest absolute Gasteiger partial charge is 0.0648 e. The highest BCUT2D eigenvalue weighted by Gasteiger charge is 2.54. The predicted molar refractivity (Wildman–Crippen MR) is 104 cm³/mol. The van der Waals surface area contributed by atoms with Crippen LogP contribution in [0.2, 0.25) is 16.6 Å². The minimum absolute atomic E-state index is 0.826. The Morgan fingerprint density at radius 1 is 0.870 bits per heavy atom. The first-order valence-electron chi connectivity index (χ1n) is 9.60. The molecular weight excluding hydrogens is 292 g/mol. The summed E-state index contributed by atoms with van der Waals surface area (Å²) in [5.41, 5.74) is 4.29. The predicted octanol–water partition coefficient (Wildman–Crippen LogP) is 6.36. The van der Waals surface area contributed by atoms with Gasteiger partial charge >= 0.3 is 0 Å². The number of hydrogen-bond donors (Lipinski definition) is 0. The summed E-state index contributed by atoms with van der Waals surface area (Å²) in [5.74, 6) is 0.832. The van der Waals surface area contributed by atoms with Crippen LogP contribution in [0.25, 0.3) is 10.8 Å². The highest BCUT2D eigenvalue weighted by Crippen LogP contribution is 2.58. The Balaban J connectivity index is 2.12. The third kappa shape index (κ3) is 1.95. The van der Waals surface area contributed by atoms with Crippen molar-refractivity contribution in [2.75, 3.05) is 0 Å². The van der Waals surface area contributed by atoms with Crippen LogP contribution in [0.1, 0.15) is 64.9 Å². The molecule has 2 aromatic rings. The van der Waals surface area contributed by atoms with Crippen molar-refractivity contribution in [3.63, 3.8) is 0 Å². The van der Waals surface area contributed by atoms with E-state index in [1.54, 1.807) is 16.1 Å². The van der Waals surface area contributed by atoms with Gasteiger partial charge in [-0.25, -0.2) is 0 Å². The van der Waals surface area contributed by atoms with E-state index in [2.05, 4.69) is 64.1 Å². The second-order valence-electron chi connectivity index (χ2n) is 8.49. The van der Waals surface area contributed by atoms with E-state index in [1.165, 1.54) is 31.1 Å². The zero-order valence-electron chi connectivity index (χ0n) is 15.1. The van der Waals surface area contributed by atoms with Crippen LogP contribution in [0.3, 0.4) is 0 Å². The normalized spacial score (nSPS) is 25.8. The highest BCUT2D eigenvalue weighted by molar-refractivity contribution is 6.97. The molecule has 1 heterocycles. The molecule has 0 radical (unpaired) electrons. The van der Waals surface area contributed by atoms with Gasteiger partial charge in [-0.1, -0.05) is 88.5 Å². The van der Waals surface area contributed by atoms with Gasteiger partial charge in [0.15, 0.2) is 0 Å². The van der Waals surface area contributed by atoms with Crippen molar-refractivity contribution < 1.29 is 0 Å². The number of rotatable bonds is 2. The summed E-state index contributed by atoms with van der Waals surface area (Å²) in [6.07, 6.45) is 5.78. The number of benzene rings is 2. The Labute approximate surface area is 142 Å². The zero-order valence-corrected chi connectivity index (χ0v) is 16.1. The Morgan fingerprint density at radius 3 is 2.22 bits per heavy atom. The monoisotopic (exact) mass is 322 g/mol. The summed E-state index contributed by atoms with van der Waals surface area (Å²) in [6, 6.07) is 14.3. The van der Waals surface area contributed by atoms with E-state index in [4.69, 9.17) is 0 Å². The van der Waals surface area contributed by atoms with E-state index in [1.807, 2.05) is 0 Å². The molecule has 0 nitrogen and oxygen atoms in total. The van der Waals surface area contributed by atoms with Gasteiger partial charge in [0.2, 0.25) is 0 Å². The first-order chi connectivity index (χ1) is 11.1. The summed E-state index contributed by atoms with van der Waals surface area (Å²) in [5, 5.41) is 4.94. The molecule has 0 unspecified atom stereocenters. The van der Waals surface area contributed by atoms with Gasteiger partial charge in [0, 0.05) is 0 Å². The lowest BCUT2D eigenvalue weighted by Gasteiger charge is -2.54. The van der Waals surface area contributed by atoms with Gasteiger partial charge in [0.25, 0.3) is 0 Å². The third-order valence-electron chi connectivity index (χ3n) is 7.09. The summed E-state index contributed by atoms with van der Waals surface area (Å²) in [6.45, 7) is 10.1. The fourth-order valence-electron chi connectivity index (χ4n) is 6.46. The molecular formula is C22H30Si. The molecule has 1 aliphatic heterocycles. The molecule has 1 fully saturated rings. The van der Waals surface area contributed by atoms with Crippen LogP contribution < -0.4 is 5.19 Å². The quantitative estimate of drug-likeness (QED) is 0.564. The summed E-state index contributed by atoms with van der Waals surface area (Å²) < 4.78 is 0. The van der Waals surface area contributed by atoms with E-state index in [0.29, 0.717) is 0 Å². The second-order valence-corrected chi connectivity index (χ2v) is 13.9. The lowest BCUT2D eigenvalue weighted by atomic mass is 9.81. The van der Waals surface area contributed by atoms with Gasteiger partial charge in [0.05, 0.1) is 8.07 Å². The number of fused-ring (bicyclic) bond motifs is 2. The minimum Gasteiger partial charge on any atom is -0.0648 e. The number of hydrogen-bond acceptors (Lipinski definition) is 0. The van der Waals surface area contributed by atoms with Crippen LogP contribution in [0.15, 0.2) is 36.4 Å². The van der Waals surface area contributed by atoms with Crippen LogP contribution >= 0.6 is 0 Å². The zero-order chi connectivity index (χ0) is 16.2. The topological polar surface area (TPSA) is 0 Å². The molecule has 2 aliphatic rings. The van der Waals surface area contributed by atoms with Crippen molar-refractivity contribution in [3.8, 4) is 0 Å². The van der Waals surface area contributed by atoms with Gasteiger partial charge in [-0.2, -0.15) is 0 Å². The molecule has 23 heavy (non-hydrogen) atoms. The Morgan fingerprint density at radius 2 is 1.52 bits per heavy atom. The average molecular weight is 323 g/mol. The molecule has 0 N–H and O–H groups in total. The van der Waals surface area contributed by atoms with Gasteiger partial charge in [0.1, 0.15) is 0 Å². The van der Waals surface area contributed by atoms with Crippen LogP contribution in [-0.2, 0) is 0 Å². The maximum Gasteiger partial charge on any atom is 0.0962 e. The average Bonchev–Trinajstić information content (AvgIpc) is 2.55. The molecule has 0 spiro atoms. The van der Waals surface area contributed by atoms with E-state index in [-0.39, 0.29) is 0 Å². The summed E-state index contributed by atoms with van der Waals surface area (Å²) >= 11 is 0.